The van der Waals surface area contributed by atoms with E-state index in [9.17, 15) is 4.39 Å². The van der Waals surface area contributed by atoms with E-state index in [0.29, 0.717) is 12.5 Å². The van der Waals surface area contributed by atoms with Crippen molar-refractivity contribution in [2.45, 2.75) is 6.42 Å². The van der Waals surface area contributed by atoms with Crippen LogP contribution >= 0.6 is 11.3 Å². The normalized spacial score (nSPS) is 10.2. The average molecular weight is 224 g/mol. The van der Waals surface area contributed by atoms with Crippen LogP contribution in [0.25, 0.3) is 0 Å². The lowest BCUT2D eigenvalue weighted by molar-refractivity contribution is 0.614. The molecule has 2 rings (SSSR count). The molecule has 0 fully saturated rings. The van der Waals surface area contributed by atoms with Crippen molar-refractivity contribution in [1.29, 1.82) is 0 Å². The molecule has 0 amide bonds. The van der Waals surface area contributed by atoms with Crippen LogP contribution in [0.3, 0.4) is 0 Å². The molecule has 0 radical (unpaired) electrons. The van der Waals surface area contributed by atoms with Gasteiger partial charge in [0.1, 0.15) is 0 Å². The van der Waals surface area contributed by atoms with Gasteiger partial charge in [-0.1, -0.05) is 0 Å². The van der Waals surface area contributed by atoms with Gasteiger partial charge in [-0.2, -0.15) is 0 Å². The van der Waals surface area contributed by atoms with Crippen molar-refractivity contribution in [3.8, 4) is 0 Å². The molecule has 0 unspecified atom stereocenters. The molecule has 2 aromatic heterocycles. The van der Waals surface area contributed by atoms with E-state index in [0.717, 1.165) is 23.8 Å². The summed E-state index contributed by atoms with van der Waals surface area (Å²) in [6, 6.07) is 0. The minimum Gasteiger partial charge on any atom is -0.354 e. The number of hydrogen-bond donors (Lipinski definition) is 1. The number of rotatable bonds is 4. The number of aromatic nitrogens is 3. The van der Waals surface area contributed by atoms with E-state index in [1.54, 1.807) is 17.5 Å². The predicted octanol–water partition coefficient (Wildman–Crippen LogP) is 1.73. The van der Waals surface area contributed by atoms with Gasteiger partial charge in [0, 0.05) is 24.5 Å². The van der Waals surface area contributed by atoms with Gasteiger partial charge in [-0.3, -0.25) is 0 Å². The topological polar surface area (TPSA) is 50.7 Å². The van der Waals surface area contributed by atoms with Crippen LogP contribution in [-0.4, -0.2) is 21.5 Å². The van der Waals surface area contributed by atoms with Gasteiger partial charge in [0.15, 0.2) is 5.82 Å². The Hall–Kier alpha value is -1.56. The van der Waals surface area contributed by atoms with Gasteiger partial charge in [-0.15, -0.1) is 11.3 Å². The molecule has 2 heterocycles. The molecule has 4 nitrogen and oxygen atoms in total. The van der Waals surface area contributed by atoms with Gasteiger partial charge in [-0.25, -0.2) is 19.3 Å². The Morgan fingerprint density at radius 2 is 2.07 bits per heavy atom. The number of halogens is 1. The lowest BCUT2D eigenvalue weighted by atomic mass is 10.4. The number of thiazole rings is 1. The quantitative estimate of drug-likeness (QED) is 0.859. The van der Waals surface area contributed by atoms with Crippen molar-refractivity contribution < 1.29 is 4.39 Å². The molecule has 0 aliphatic heterocycles. The zero-order valence-electron chi connectivity index (χ0n) is 7.85. The maximum atomic E-state index is 12.5. The molecule has 0 saturated carbocycles. The molecule has 78 valence electrons. The van der Waals surface area contributed by atoms with E-state index >= 15 is 0 Å². The molecule has 0 spiro atoms. The minimum atomic E-state index is -0.430. The van der Waals surface area contributed by atoms with Crippen LogP contribution < -0.4 is 5.32 Å². The fourth-order valence-electron chi connectivity index (χ4n) is 1.06. The second-order valence-electron chi connectivity index (χ2n) is 2.83. The van der Waals surface area contributed by atoms with Crippen LogP contribution in [0.4, 0.5) is 10.3 Å². The smallest absolute Gasteiger partial charge is 0.222 e. The summed E-state index contributed by atoms with van der Waals surface area (Å²) < 4.78 is 12.5. The van der Waals surface area contributed by atoms with Crippen LogP contribution in [0, 0.1) is 5.82 Å². The molecule has 15 heavy (non-hydrogen) atoms. The lowest BCUT2D eigenvalue weighted by Crippen LogP contribution is -2.07. The fourth-order valence-corrected chi connectivity index (χ4v) is 1.68. The van der Waals surface area contributed by atoms with Gasteiger partial charge < -0.3 is 5.32 Å². The Bertz CT molecular complexity index is 401. The van der Waals surface area contributed by atoms with Crippen molar-refractivity contribution in [2.75, 3.05) is 11.9 Å². The standard InChI is InChI=1S/C9H9FN4S/c10-7-5-13-9(14-6-7)12-2-1-8-11-3-4-15-8/h3-6H,1-2H2,(H,12,13,14). The molecule has 0 aliphatic carbocycles. The van der Waals surface area contributed by atoms with Crippen molar-refractivity contribution in [1.82, 2.24) is 15.0 Å². The Balaban J connectivity index is 1.81. The molecule has 2 aromatic rings. The highest BCUT2D eigenvalue weighted by Crippen LogP contribution is 2.05. The lowest BCUT2D eigenvalue weighted by Gasteiger charge is -2.01. The highest BCUT2D eigenvalue weighted by Gasteiger charge is 1.98. The van der Waals surface area contributed by atoms with Crippen molar-refractivity contribution in [3.63, 3.8) is 0 Å². The summed E-state index contributed by atoms with van der Waals surface area (Å²) in [5.41, 5.74) is 0. The van der Waals surface area contributed by atoms with Crippen LogP contribution in [0.1, 0.15) is 5.01 Å². The first-order chi connectivity index (χ1) is 7.34. The second-order valence-corrected chi connectivity index (χ2v) is 3.81. The monoisotopic (exact) mass is 224 g/mol. The van der Waals surface area contributed by atoms with Crippen molar-refractivity contribution in [3.05, 3.63) is 34.8 Å². The Morgan fingerprint density at radius 1 is 1.27 bits per heavy atom. The summed E-state index contributed by atoms with van der Waals surface area (Å²) in [6.07, 6.45) is 4.87. The van der Waals surface area contributed by atoms with E-state index in [4.69, 9.17) is 0 Å². The summed E-state index contributed by atoms with van der Waals surface area (Å²) in [5, 5.41) is 5.98. The van der Waals surface area contributed by atoms with Crippen LogP contribution in [0.15, 0.2) is 24.0 Å². The van der Waals surface area contributed by atoms with Crippen molar-refractivity contribution in [2.24, 2.45) is 0 Å². The molecular weight excluding hydrogens is 215 g/mol. The first-order valence-corrected chi connectivity index (χ1v) is 5.32. The fraction of sp³-hybridized carbons (Fsp3) is 0.222. The van der Waals surface area contributed by atoms with Gasteiger partial charge in [0.2, 0.25) is 5.95 Å². The highest BCUT2D eigenvalue weighted by atomic mass is 32.1. The molecule has 1 N–H and O–H groups in total. The average Bonchev–Trinajstić information content (AvgIpc) is 2.74. The molecular formula is C9H9FN4S. The molecule has 6 heteroatoms. The molecule has 0 saturated heterocycles. The number of anilines is 1. The van der Waals surface area contributed by atoms with E-state index < -0.39 is 5.82 Å². The third-order valence-electron chi connectivity index (χ3n) is 1.73. The van der Waals surface area contributed by atoms with Gasteiger partial charge >= 0.3 is 0 Å². The molecule has 0 aliphatic rings. The first kappa shape index (κ1) is 9.97. The molecule has 0 bridgehead atoms. The van der Waals surface area contributed by atoms with Crippen LogP contribution in [-0.2, 0) is 6.42 Å². The largest absolute Gasteiger partial charge is 0.354 e. The van der Waals surface area contributed by atoms with Crippen LogP contribution in [0.5, 0.6) is 0 Å². The van der Waals surface area contributed by atoms with Crippen LogP contribution in [0.2, 0.25) is 0 Å². The van der Waals surface area contributed by atoms with Crippen molar-refractivity contribution >= 4 is 17.3 Å². The summed E-state index contributed by atoms with van der Waals surface area (Å²) >= 11 is 1.61. The zero-order chi connectivity index (χ0) is 10.5. The Morgan fingerprint density at radius 3 is 2.73 bits per heavy atom. The van der Waals surface area contributed by atoms with E-state index in [2.05, 4.69) is 20.3 Å². The summed E-state index contributed by atoms with van der Waals surface area (Å²) in [4.78, 5) is 11.7. The highest BCUT2D eigenvalue weighted by molar-refractivity contribution is 7.09. The summed E-state index contributed by atoms with van der Waals surface area (Å²) in [5.74, 6) is 0.00781. The number of hydrogen-bond acceptors (Lipinski definition) is 5. The third-order valence-corrected chi connectivity index (χ3v) is 2.57. The van der Waals surface area contributed by atoms with Gasteiger partial charge in [0.25, 0.3) is 0 Å². The van der Waals surface area contributed by atoms with Gasteiger partial charge in [0.05, 0.1) is 17.4 Å². The van der Waals surface area contributed by atoms with E-state index in [1.807, 2.05) is 5.38 Å². The third kappa shape index (κ3) is 2.95. The zero-order valence-corrected chi connectivity index (χ0v) is 8.67. The number of nitrogens with one attached hydrogen (secondary N) is 1. The van der Waals surface area contributed by atoms with Gasteiger partial charge in [-0.05, 0) is 0 Å². The maximum absolute atomic E-state index is 12.5. The second kappa shape index (κ2) is 4.79. The van der Waals surface area contributed by atoms with E-state index in [-0.39, 0.29) is 0 Å². The molecule has 0 aromatic carbocycles. The molecule has 0 atom stereocenters. The Kier molecular flexibility index (Phi) is 3.18. The minimum absolute atomic E-state index is 0.430. The summed E-state index contributed by atoms with van der Waals surface area (Å²) in [7, 11) is 0. The van der Waals surface area contributed by atoms with E-state index in [1.165, 1.54) is 0 Å². The predicted molar refractivity (Wildman–Crippen MR) is 56.3 cm³/mol. The number of nitrogens with zero attached hydrogens (tertiary/aromatic N) is 3. The SMILES string of the molecule is Fc1cnc(NCCc2nccs2)nc1. The first-order valence-electron chi connectivity index (χ1n) is 4.44. The maximum Gasteiger partial charge on any atom is 0.222 e. The summed E-state index contributed by atoms with van der Waals surface area (Å²) in [6.45, 7) is 0.694. The Labute approximate surface area is 90.2 Å².